The van der Waals surface area contributed by atoms with E-state index in [1.165, 1.54) is 0 Å². The van der Waals surface area contributed by atoms with Gasteiger partial charge >= 0.3 is 0 Å². The molecule has 0 amide bonds. The molecule has 6 nitrogen and oxygen atoms in total. The van der Waals surface area contributed by atoms with E-state index in [-0.39, 0.29) is 18.3 Å². The summed E-state index contributed by atoms with van der Waals surface area (Å²) in [5.41, 5.74) is 1.90. The van der Waals surface area contributed by atoms with Crippen LogP contribution < -0.4 is 4.74 Å². The maximum Gasteiger partial charge on any atom is 0.190 e. The van der Waals surface area contributed by atoms with Crippen LogP contribution in [0.4, 0.5) is 5.69 Å². The number of hydrogen-bond acceptors (Lipinski definition) is 6. The van der Waals surface area contributed by atoms with Crippen LogP contribution in [0.25, 0.3) is 0 Å². The Bertz CT molecular complexity index is 805. The van der Waals surface area contributed by atoms with Crippen LogP contribution in [0.5, 0.6) is 5.75 Å². The zero-order valence-electron chi connectivity index (χ0n) is 16.3. The highest BCUT2D eigenvalue weighted by Gasteiger charge is 2.55. The maximum atomic E-state index is 6.19. The molecule has 6 heteroatoms. The molecule has 2 heterocycles. The molecular weight excluding hydrogens is 358 g/mol. The van der Waals surface area contributed by atoms with Crippen LogP contribution in [-0.2, 0) is 25.6 Å². The monoisotopic (exact) mass is 383 g/mol. The summed E-state index contributed by atoms with van der Waals surface area (Å²) in [6.45, 7) is 4.22. The number of aliphatic imine (C=N–C) groups is 1. The number of fused-ring (bicyclic) bond motifs is 1. The van der Waals surface area contributed by atoms with E-state index in [0.717, 1.165) is 17.0 Å². The molecule has 148 valence electrons. The van der Waals surface area contributed by atoms with E-state index < -0.39 is 12.1 Å². The van der Waals surface area contributed by atoms with E-state index in [4.69, 9.17) is 23.7 Å². The third kappa shape index (κ3) is 4.25. The second-order valence-electron chi connectivity index (χ2n) is 7.31. The fraction of sp³-hybridized carbons (Fsp3) is 0.409. The minimum Gasteiger partial charge on any atom is -0.497 e. The second-order valence-corrected chi connectivity index (χ2v) is 7.31. The van der Waals surface area contributed by atoms with Gasteiger partial charge < -0.3 is 23.7 Å². The number of benzene rings is 2. The summed E-state index contributed by atoms with van der Waals surface area (Å²) in [6.07, 6.45) is 0.315. The Balaban J connectivity index is 1.48. The van der Waals surface area contributed by atoms with Crippen molar-refractivity contribution in [2.45, 2.75) is 50.8 Å². The molecule has 0 spiro atoms. The van der Waals surface area contributed by atoms with E-state index in [1.807, 2.05) is 68.4 Å². The van der Waals surface area contributed by atoms with Gasteiger partial charge in [-0.1, -0.05) is 30.3 Å². The largest absolute Gasteiger partial charge is 0.497 e. The van der Waals surface area contributed by atoms with Gasteiger partial charge in [0.05, 0.1) is 19.4 Å². The molecule has 4 rings (SSSR count). The van der Waals surface area contributed by atoms with Crippen molar-refractivity contribution in [3.8, 4) is 5.75 Å². The van der Waals surface area contributed by atoms with Crippen LogP contribution in [0.3, 0.4) is 0 Å². The first-order chi connectivity index (χ1) is 13.5. The predicted molar refractivity (Wildman–Crippen MR) is 105 cm³/mol. The Hall–Kier alpha value is -2.25. The van der Waals surface area contributed by atoms with E-state index in [9.17, 15) is 0 Å². The van der Waals surface area contributed by atoms with Crippen molar-refractivity contribution in [1.82, 2.24) is 0 Å². The SMILES string of the molecule is COc1ccc(N=C[C@H]2O[C@@H]3OC(C)(C)O[C@@H]3[C@H]2OCc2ccccc2)cc1. The van der Waals surface area contributed by atoms with Gasteiger partial charge in [-0.25, -0.2) is 0 Å². The molecule has 0 aromatic heterocycles. The lowest BCUT2D eigenvalue weighted by molar-refractivity contribution is -0.210. The third-order valence-corrected chi connectivity index (χ3v) is 4.76. The van der Waals surface area contributed by atoms with Gasteiger partial charge in [0.25, 0.3) is 0 Å². The molecule has 28 heavy (non-hydrogen) atoms. The van der Waals surface area contributed by atoms with Gasteiger partial charge in [0.15, 0.2) is 12.1 Å². The van der Waals surface area contributed by atoms with Gasteiger partial charge in [0.1, 0.15) is 24.1 Å². The second kappa shape index (κ2) is 8.01. The lowest BCUT2D eigenvalue weighted by Crippen LogP contribution is -2.37. The standard InChI is InChI=1S/C22H25NO5/c1-22(2)27-20-19(25-14-15-7-5-4-6-8-15)18(26-21(20)28-22)13-23-16-9-11-17(24-3)12-10-16/h4-13,18-21H,14H2,1-3H3/t18-,19+,20-,21-/m1/s1. The van der Waals surface area contributed by atoms with Crippen LogP contribution >= 0.6 is 0 Å². The number of ether oxygens (including phenoxy) is 5. The van der Waals surface area contributed by atoms with Crippen molar-refractivity contribution < 1.29 is 23.7 Å². The molecule has 0 radical (unpaired) electrons. The van der Waals surface area contributed by atoms with Crippen LogP contribution in [0, 0.1) is 0 Å². The van der Waals surface area contributed by atoms with Crippen molar-refractivity contribution >= 4 is 11.9 Å². The van der Waals surface area contributed by atoms with Crippen LogP contribution in [0.1, 0.15) is 19.4 Å². The highest BCUT2D eigenvalue weighted by molar-refractivity contribution is 5.69. The first-order valence-electron chi connectivity index (χ1n) is 9.39. The number of hydrogen-bond donors (Lipinski definition) is 0. The van der Waals surface area contributed by atoms with Crippen LogP contribution in [0.2, 0.25) is 0 Å². The molecule has 2 fully saturated rings. The smallest absolute Gasteiger partial charge is 0.190 e. The van der Waals surface area contributed by atoms with Crippen molar-refractivity contribution in [3.05, 3.63) is 60.2 Å². The lowest BCUT2D eigenvalue weighted by atomic mass is 10.1. The molecule has 0 unspecified atom stereocenters. The van der Waals surface area contributed by atoms with E-state index >= 15 is 0 Å². The summed E-state index contributed by atoms with van der Waals surface area (Å²) in [5.74, 6) is 0.0978. The zero-order chi connectivity index (χ0) is 19.6. The van der Waals surface area contributed by atoms with Crippen LogP contribution in [0.15, 0.2) is 59.6 Å². The molecule has 0 bridgehead atoms. The Morgan fingerprint density at radius 3 is 2.50 bits per heavy atom. The average Bonchev–Trinajstić information content (AvgIpc) is 3.17. The first kappa shape index (κ1) is 19.1. The van der Waals surface area contributed by atoms with Gasteiger partial charge in [-0.2, -0.15) is 0 Å². The molecular formula is C22H25NO5. The van der Waals surface area contributed by atoms with E-state index in [2.05, 4.69) is 4.99 Å². The summed E-state index contributed by atoms with van der Waals surface area (Å²) >= 11 is 0. The van der Waals surface area contributed by atoms with Crippen molar-refractivity contribution in [2.75, 3.05) is 7.11 Å². The predicted octanol–water partition coefficient (Wildman–Crippen LogP) is 3.86. The first-order valence-corrected chi connectivity index (χ1v) is 9.39. The molecule has 2 aliphatic rings. The minimum absolute atomic E-state index is 0.300. The normalized spacial score (nSPS) is 28.5. The molecule has 0 saturated carbocycles. The zero-order valence-corrected chi connectivity index (χ0v) is 16.3. The molecule has 2 aromatic carbocycles. The maximum absolute atomic E-state index is 6.19. The molecule has 2 aliphatic heterocycles. The van der Waals surface area contributed by atoms with Crippen molar-refractivity contribution in [3.63, 3.8) is 0 Å². The summed E-state index contributed by atoms with van der Waals surface area (Å²) < 4.78 is 29.3. The Morgan fingerprint density at radius 1 is 1.04 bits per heavy atom. The van der Waals surface area contributed by atoms with E-state index in [0.29, 0.717) is 6.61 Å². The Labute approximate surface area is 165 Å². The number of rotatable bonds is 6. The summed E-state index contributed by atoms with van der Waals surface area (Å²) in [4.78, 5) is 4.54. The number of methoxy groups -OCH3 is 1. The molecule has 0 N–H and O–H groups in total. The van der Waals surface area contributed by atoms with Crippen molar-refractivity contribution in [2.24, 2.45) is 4.99 Å². The third-order valence-electron chi connectivity index (χ3n) is 4.76. The fourth-order valence-corrected chi connectivity index (χ4v) is 3.41. The van der Waals surface area contributed by atoms with Gasteiger partial charge in [-0.05, 0) is 43.7 Å². The van der Waals surface area contributed by atoms with Gasteiger partial charge in [-0.15, -0.1) is 0 Å². The quantitative estimate of drug-likeness (QED) is 0.709. The summed E-state index contributed by atoms with van der Waals surface area (Å²) in [6, 6.07) is 17.6. The highest BCUT2D eigenvalue weighted by atomic mass is 16.8. The van der Waals surface area contributed by atoms with E-state index in [1.54, 1.807) is 13.3 Å². The van der Waals surface area contributed by atoms with Gasteiger partial charge in [0, 0.05) is 6.21 Å². The minimum atomic E-state index is -0.693. The van der Waals surface area contributed by atoms with Crippen molar-refractivity contribution in [1.29, 1.82) is 0 Å². The summed E-state index contributed by atoms with van der Waals surface area (Å²) in [5, 5.41) is 0. The lowest BCUT2D eigenvalue weighted by Gasteiger charge is -2.24. The van der Waals surface area contributed by atoms with Gasteiger partial charge in [-0.3, -0.25) is 4.99 Å². The molecule has 2 saturated heterocycles. The fourth-order valence-electron chi connectivity index (χ4n) is 3.41. The Kier molecular flexibility index (Phi) is 5.46. The molecule has 0 aliphatic carbocycles. The highest BCUT2D eigenvalue weighted by Crippen LogP contribution is 2.38. The molecule has 2 aromatic rings. The summed E-state index contributed by atoms with van der Waals surface area (Å²) in [7, 11) is 1.64. The Morgan fingerprint density at radius 2 is 1.79 bits per heavy atom. The number of nitrogens with zero attached hydrogens (tertiary/aromatic N) is 1. The average molecular weight is 383 g/mol. The van der Waals surface area contributed by atoms with Gasteiger partial charge in [0.2, 0.25) is 0 Å². The van der Waals surface area contributed by atoms with Crippen LogP contribution in [-0.4, -0.2) is 43.7 Å². The molecule has 4 atom stereocenters. The topological polar surface area (TPSA) is 58.5 Å².